The number of rotatable bonds is 5. The second kappa shape index (κ2) is 7.48. The summed E-state index contributed by atoms with van der Waals surface area (Å²) in [6, 6.07) is 20.4. The van der Waals surface area contributed by atoms with E-state index in [9.17, 15) is 9.00 Å². The topological polar surface area (TPSA) is 40.6 Å². The minimum absolute atomic E-state index is 0.0361. The van der Waals surface area contributed by atoms with E-state index in [1.807, 2.05) is 46.2 Å². The summed E-state index contributed by atoms with van der Waals surface area (Å²) in [6.45, 7) is 8.01. The second-order valence-corrected chi connectivity index (χ2v) is 16.3. The molecule has 2 fully saturated rings. The van der Waals surface area contributed by atoms with Crippen molar-refractivity contribution >= 4 is 24.9 Å². The van der Waals surface area contributed by atoms with E-state index in [0.29, 0.717) is 18.8 Å². The SMILES string of the molecule is C[Si](C)(C)[C@H]1[C@@H]2[C@H](C[S@@]1=O)N(Cc1ccccc1)C(=O)N2Cc1ccccc1. The molecule has 0 radical (unpaired) electrons. The Hall–Kier alpha value is -1.92. The van der Waals surface area contributed by atoms with Crippen molar-refractivity contribution in [2.24, 2.45) is 0 Å². The predicted molar refractivity (Wildman–Crippen MR) is 117 cm³/mol. The van der Waals surface area contributed by atoms with E-state index < -0.39 is 18.9 Å². The summed E-state index contributed by atoms with van der Waals surface area (Å²) in [6.07, 6.45) is 0. The van der Waals surface area contributed by atoms with E-state index >= 15 is 0 Å². The van der Waals surface area contributed by atoms with Gasteiger partial charge in [0.25, 0.3) is 0 Å². The fourth-order valence-electron chi connectivity index (χ4n) is 4.63. The Balaban J connectivity index is 1.69. The Morgan fingerprint density at radius 1 is 0.893 bits per heavy atom. The van der Waals surface area contributed by atoms with Crippen LogP contribution >= 0.6 is 0 Å². The lowest BCUT2D eigenvalue weighted by molar-refractivity contribution is 0.181. The first kappa shape index (κ1) is 19.4. The Morgan fingerprint density at radius 2 is 1.39 bits per heavy atom. The van der Waals surface area contributed by atoms with Crippen LogP contribution in [0.2, 0.25) is 19.6 Å². The molecule has 28 heavy (non-hydrogen) atoms. The van der Waals surface area contributed by atoms with Crippen LogP contribution in [0.25, 0.3) is 0 Å². The molecule has 0 aromatic heterocycles. The quantitative estimate of drug-likeness (QED) is 0.552. The first-order valence-electron chi connectivity index (χ1n) is 9.88. The third kappa shape index (κ3) is 3.55. The Bertz CT molecular complexity index is 869. The van der Waals surface area contributed by atoms with Crippen molar-refractivity contribution in [1.29, 1.82) is 0 Å². The summed E-state index contributed by atoms with van der Waals surface area (Å²) in [5, 5.41) is 0. The zero-order valence-corrected chi connectivity index (χ0v) is 18.6. The molecule has 4 atom stereocenters. The van der Waals surface area contributed by atoms with E-state index in [-0.39, 0.29) is 23.0 Å². The van der Waals surface area contributed by atoms with Crippen molar-refractivity contribution < 1.29 is 9.00 Å². The second-order valence-electron chi connectivity index (χ2n) is 8.90. The predicted octanol–water partition coefficient (Wildman–Crippen LogP) is 3.87. The maximum absolute atomic E-state index is 13.5. The number of urea groups is 1. The van der Waals surface area contributed by atoms with E-state index in [0.717, 1.165) is 11.1 Å². The minimum Gasteiger partial charge on any atom is -0.314 e. The first-order chi connectivity index (χ1) is 13.4. The van der Waals surface area contributed by atoms with Gasteiger partial charge in [0.1, 0.15) is 0 Å². The Labute approximate surface area is 171 Å². The lowest BCUT2D eigenvalue weighted by Gasteiger charge is -2.33. The van der Waals surface area contributed by atoms with Crippen molar-refractivity contribution in [2.75, 3.05) is 5.75 Å². The normalized spacial score (nSPS) is 27.3. The summed E-state index contributed by atoms with van der Waals surface area (Å²) >= 11 is 0. The fraction of sp³-hybridized carbons (Fsp3) is 0.409. The smallest absolute Gasteiger partial charge is 0.314 e. The number of hydrogen-bond acceptors (Lipinski definition) is 2. The molecular formula is C22H28N2O2SSi. The van der Waals surface area contributed by atoms with Crippen molar-refractivity contribution in [3.8, 4) is 0 Å². The molecule has 2 aliphatic heterocycles. The average molecular weight is 413 g/mol. The molecule has 4 nitrogen and oxygen atoms in total. The summed E-state index contributed by atoms with van der Waals surface area (Å²) in [7, 11) is -2.59. The average Bonchev–Trinajstić information content (AvgIpc) is 3.12. The highest BCUT2D eigenvalue weighted by Crippen LogP contribution is 2.39. The molecule has 2 saturated heterocycles. The monoisotopic (exact) mass is 412 g/mol. The van der Waals surface area contributed by atoms with Crippen LogP contribution in [0.1, 0.15) is 11.1 Å². The molecule has 0 spiro atoms. The number of carbonyl (C=O) groups is 1. The minimum atomic E-state index is -1.70. The van der Waals surface area contributed by atoms with Crippen LogP contribution in [-0.4, -0.2) is 50.8 Å². The van der Waals surface area contributed by atoms with Crippen molar-refractivity contribution in [3.05, 3.63) is 71.8 Å². The molecule has 0 bridgehead atoms. The van der Waals surface area contributed by atoms with Gasteiger partial charge in [0, 0.05) is 29.6 Å². The molecule has 2 amide bonds. The molecule has 0 saturated carbocycles. The van der Waals surface area contributed by atoms with Gasteiger partial charge in [-0.05, 0) is 11.1 Å². The van der Waals surface area contributed by atoms with Crippen LogP contribution in [0, 0.1) is 0 Å². The number of carbonyl (C=O) groups excluding carboxylic acids is 1. The molecule has 2 aromatic rings. The largest absolute Gasteiger partial charge is 0.321 e. The highest BCUT2D eigenvalue weighted by molar-refractivity contribution is 7.88. The van der Waals surface area contributed by atoms with Gasteiger partial charge >= 0.3 is 6.03 Å². The van der Waals surface area contributed by atoms with Gasteiger partial charge in [-0.2, -0.15) is 0 Å². The van der Waals surface area contributed by atoms with Crippen molar-refractivity contribution in [1.82, 2.24) is 9.80 Å². The molecular weight excluding hydrogens is 384 g/mol. The van der Waals surface area contributed by atoms with Gasteiger partial charge in [0.05, 0.1) is 25.0 Å². The van der Waals surface area contributed by atoms with Gasteiger partial charge in [-0.15, -0.1) is 0 Å². The molecule has 2 aromatic carbocycles. The van der Waals surface area contributed by atoms with Crippen LogP contribution in [0.15, 0.2) is 60.7 Å². The van der Waals surface area contributed by atoms with Crippen LogP contribution in [0.5, 0.6) is 0 Å². The third-order valence-electron chi connectivity index (χ3n) is 5.82. The standard InChI is InChI=1S/C22H28N2O2SSi/c1-28(2,3)21-20-19(16-27(21)26)23(14-17-10-6-4-7-11-17)22(25)24(20)15-18-12-8-5-9-13-18/h4-13,19-21H,14-16H2,1-3H3/t19-,20-,21-,27-/m0/s1. The maximum atomic E-state index is 13.5. The molecule has 4 rings (SSSR count). The van der Waals surface area contributed by atoms with E-state index in [1.165, 1.54) is 0 Å². The van der Waals surface area contributed by atoms with E-state index in [4.69, 9.17) is 0 Å². The van der Waals surface area contributed by atoms with Crippen LogP contribution < -0.4 is 0 Å². The zero-order chi connectivity index (χ0) is 19.9. The van der Waals surface area contributed by atoms with Gasteiger partial charge in [0.15, 0.2) is 0 Å². The maximum Gasteiger partial charge on any atom is 0.321 e. The highest BCUT2D eigenvalue weighted by atomic mass is 32.2. The number of nitrogens with zero attached hydrogens (tertiary/aromatic N) is 2. The number of fused-ring (bicyclic) bond motifs is 1. The summed E-state index contributed by atoms with van der Waals surface area (Å²) < 4.78 is 13.1. The van der Waals surface area contributed by atoms with Gasteiger partial charge in [-0.1, -0.05) is 80.3 Å². The summed E-state index contributed by atoms with van der Waals surface area (Å²) in [5.74, 6) is 0.601. The number of benzene rings is 2. The van der Waals surface area contributed by atoms with Gasteiger partial charge in [-0.25, -0.2) is 4.79 Å². The fourth-order valence-corrected chi connectivity index (χ4v) is 11.1. The molecule has 2 aliphatic rings. The number of amides is 2. The van der Waals surface area contributed by atoms with Crippen molar-refractivity contribution in [3.63, 3.8) is 0 Å². The Morgan fingerprint density at radius 3 is 1.89 bits per heavy atom. The molecule has 6 heteroatoms. The number of hydrogen-bond donors (Lipinski definition) is 0. The van der Waals surface area contributed by atoms with E-state index in [1.54, 1.807) is 0 Å². The summed E-state index contributed by atoms with van der Waals surface area (Å²) in [5.41, 5.74) is 2.25. The third-order valence-corrected chi connectivity index (χ3v) is 12.3. The molecule has 0 aliphatic carbocycles. The first-order valence-corrected chi connectivity index (χ1v) is 14.8. The lowest BCUT2D eigenvalue weighted by Crippen LogP contribution is -2.52. The zero-order valence-electron chi connectivity index (χ0n) is 16.7. The molecule has 2 heterocycles. The highest BCUT2D eigenvalue weighted by Gasteiger charge is 2.58. The van der Waals surface area contributed by atoms with E-state index in [2.05, 4.69) is 43.9 Å². The van der Waals surface area contributed by atoms with Crippen LogP contribution in [0.4, 0.5) is 4.79 Å². The molecule has 0 N–H and O–H groups in total. The molecule has 0 unspecified atom stereocenters. The lowest BCUT2D eigenvalue weighted by atomic mass is 10.1. The Kier molecular flexibility index (Phi) is 5.18. The summed E-state index contributed by atoms with van der Waals surface area (Å²) in [4.78, 5) is 17.6. The van der Waals surface area contributed by atoms with Crippen LogP contribution in [0.3, 0.4) is 0 Å². The van der Waals surface area contributed by atoms with Crippen molar-refractivity contribution in [2.45, 2.75) is 49.7 Å². The van der Waals surface area contributed by atoms with Crippen LogP contribution in [-0.2, 0) is 23.9 Å². The van der Waals surface area contributed by atoms with Gasteiger partial charge in [0.2, 0.25) is 0 Å². The molecule has 148 valence electrons. The van der Waals surface area contributed by atoms with Gasteiger partial charge in [-0.3, -0.25) is 4.21 Å². The van der Waals surface area contributed by atoms with Gasteiger partial charge < -0.3 is 9.80 Å².